The average molecular weight is 619 g/mol. The molecular formula is C30H45Cl2N9O. The normalized spacial score (nSPS) is 25.1. The molecule has 12 heteroatoms. The first-order valence-corrected chi connectivity index (χ1v) is 15.9. The van der Waals surface area contributed by atoms with Crippen molar-refractivity contribution in [3.63, 3.8) is 0 Å². The first-order chi connectivity index (χ1) is 20.1. The van der Waals surface area contributed by atoms with Crippen molar-refractivity contribution >= 4 is 35.8 Å². The molecule has 2 aliphatic heterocycles. The molecule has 1 saturated heterocycles. The van der Waals surface area contributed by atoms with E-state index in [0.717, 1.165) is 74.6 Å². The van der Waals surface area contributed by atoms with Crippen LogP contribution in [0.2, 0.25) is 5.02 Å². The van der Waals surface area contributed by atoms with Crippen molar-refractivity contribution in [1.82, 2.24) is 41.5 Å². The van der Waals surface area contributed by atoms with Crippen LogP contribution in [0, 0.1) is 17.3 Å². The third kappa shape index (κ3) is 7.38. The number of rotatable bonds is 9. The minimum Gasteiger partial charge on any atom is -0.341 e. The summed E-state index contributed by atoms with van der Waals surface area (Å²) >= 11 is 6.17. The molecule has 6 rings (SSSR count). The third-order valence-electron chi connectivity index (χ3n) is 10.1. The number of aromatic nitrogens is 3. The molecule has 0 spiro atoms. The van der Waals surface area contributed by atoms with Gasteiger partial charge in [0.15, 0.2) is 0 Å². The number of amides is 1. The molecule has 4 N–H and O–H groups in total. The number of halogens is 2. The van der Waals surface area contributed by atoms with E-state index in [-0.39, 0.29) is 29.8 Å². The summed E-state index contributed by atoms with van der Waals surface area (Å²) in [5, 5.41) is 13.3. The van der Waals surface area contributed by atoms with Crippen LogP contribution in [-0.4, -0.2) is 56.6 Å². The molecule has 3 fully saturated rings. The zero-order valence-corrected chi connectivity index (χ0v) is 25.9. The smallest absolute Gasteiger partial charge is 0.240 e. The zero-order valence-electron chi connectivity index (χ0n) is 24.3. The van der Waals surface area contributed by atoms with E-state index in [9.17, 15) is 4.79 Å². The Morgan fingerprint density at radius 3 is 2.43 bits per heavy atom. The van der Waals surface area contributed by atoms with Gasteiger partial charge in [-0.15, -0.1) is 23.0 Å². The van der Waals surface area contributed by atoms with Crippen LogP contribution in [0.25, 0.3) is 0 Å². The molecular weight excluding hydrogens is 573 g/mol. The lowest BCUT2D eigenvalue weighted by atomic mass is 9.63. The van der Waals surface area contributed by atoms with Crippen LogP contribution in [-0.2, 0) is 17.8 Å². The Kier molecular flexibility index (Phi) is 10.6. The largest absolute Gasteiger partial charge is 0.341 e. The van der Waals surface area contributed by atoms with Gasteiger partial charge in [-0.2, -0.15) is 5.10 Å². The van der Waals surface area contributed by atoms with Crippen LogP contribution in [0.4, 0.5) is 0 Å². The first-order valence-electron chi connectivity index (χ1n) is 15.5. The molecule has 2 saturated carbocycles. The van der Waals surface area contributed by atoms with Crippen LogP contribution in [0.15, 0.2) is 42.0 Å². The number of hydrazone groups is 1. The fourth-order valence-electron chi connectivity index (χ4n) is 7.73. The summed E-state index contributed by atoms with van der Waals surface area (Å²) in [5.41, 5.74) is 10.1. The molecule has 1 aromatic heterocycles. The molecule has 1 aromatic carbocycles. The SMILES string of the molecule is Cl.O=C([C@@H](Cc1ccc(Cl)cc1)NC1CCC(C2=NNNN2)CC1)N1CCC(Cn2cncn2)(C2CCCCC2)CC1. The Balaban J connectivity index is 0.00000353. The molecule has 2 aliphatic carbocycles. The number of benzene rings is 1. The lowest BCUT2D eigenvalue weighted by Crippen LogP contribution is -2.55. The second-order valence-electron chi connectivity index (χ2n) is 12.6. The molecule has 0 radical (unpaired) electrons. The number of amidine groups is 1. The number of piperidine rings is 1. The van der Waals surface area contributed by atoms with E-state index in [1.165, 1.54) is 32.1 Å². The van der Waals surface area contributed by atoms with Crippen molar-refractivity contribution in [2.75, 3.05) is 13.1 Å². The van der Waals surface area contributed by atoms with E-state index in [1.54, 1.807) is 6.33 Å². The Hall–Kier alpha value is -2.40. The summed E-state index contributed by atoms with van der Waals surface area (Å²) in [6.45, 7) is 2.52. The highest BCUT2D eigenvalue weighted by Crippen LogP contribution is 2.47. The Morgan fingerprint density at radius 2 is 1.79 bits per heavy atom. The summed E-state index contributed by atoms with van der Waals surface area (Å²) in [7, 11) is 0. The lowest BCUT2D eigenvalue weighted by Gasteiger charge is -2.48. The molecule has 1 atom stereocenters. The monoisotopic (exact) mass is 617 g/mol. The van der Waals surface area contributed by atoms with Gasteiger partial charge in [-0.3, -0.25) is 14.9 Å². The maximum Gasteiger partial charge on any atom is 0.240 e. The van der Waals surface area contributed by atoms with Crippen LogP contribution in [0.1, 0.15) is 76.2 Å². The molecule has 2 aromatic rings. The average Bonchev–Trinajstić information content (AvgIpc) is 3.74. The highest BCUT2D eigenvalue weighted by atomic mass is 35.5. The van der Waals surface area contributed by atoms with E-state index >= 15 is 0 Å². The number of hydrogen-bond donors (Lipinski definition) is 4. The summed E-state index contributed by atoms with van der Waals surface area (Å²) in [4.78, 5) is 20.5. The van der Waals surface area contributed by atoms with Gasteiger partial charge in [0, 0.05) is 36.6 Å². The second kappa shape index (κ2) is 14.4. The van der Waals surface area contributed by atoms with Gasteiger partial charge in [0.05, 0.1) is 6.04 Å². The molecule has 0 bridgehead atoms. The number of nitrogens with one attached hydrogen (secondary N) is 4. The summed E-state index contributed by atoms with van der Waals surface area (Å²) in [5.74, 6) is 2.33. The number of carbonyl (C=O) groups is 1. The van der Waals surface area contributed by atoms with Gasteiger partial charge < -0.3 is 10.2 Å². The van der Waals surface area contributed by atoms with Gasteiger partial charge in [0.1, 0.15) is 18.5 Å². The maximum absolute atomic E-state index is 14.2. The van der Waals surface area contributed by atoms with Crippen LogP contribution < -0.4 is 21.8 Å². The van der Waals surface area contributed by atoms with Crippen molar-refractivity contribution in [1.29, 1.82) is 0 Å². The molecule has 0 unspecified atom stereocenters. The second-order valence-corrected chi connectivity index (χ2v) is 13.0. The number of nitrogens with zero attached hydrogens (tertiary/aromatic N) is 5. The van der Waals surface area contributed by atoms with Gasteiger partial charge in [-0.25, -0.2) is 10.5 Å². The van der Waals surface area contributed by atoms with E-state index < -0.39 is 0 Å². The quantitative estimate of drug-likeness (QED) is 0.333. The summed E-state index contributed by atoms with van der Waals surface area (Å²) in [6, 6.07) is 8.00. The number of carbonyl (C=O) groups excluding carboxylic acids is 1. The maximum atomic E-state index is 14.2. The molecule has 4 aliphatic rings. The highest BCUT2D eigenvalue weighted by molar-refractivity contribution is 6.30. The third-order valence-corrected chi connectivity index (χ3v) is 10.4. The van der Waals surface area contributed by atoms with Crippen molar-refractivity contribution in [3.8, 4) is 0 Å². The predicted molar refractivity (Wildman–Crippen MR) is 167 cm³/mol. The minimum atomic E-state index is -0.250. The van der Waals surface area contributed by atoms with Crippen LogP contribution >= 0.6 is 24.0 Å². The molecule has 1 amide bonds. The number of hydrogen-bond acceptors (Lipinski definition) is 8. The fourth-order valence-corrected chi connectivity index (χ4v) is 7.86. The highest BCUT2D eigenvalue weighted by Gasteiger charge is 2.44. The predicted octanol–water partition coefficient (Wildman–Crippen LogP) is 4.23. The van der Waals surface area contributed by atoms with Gasteiger partial charge in [0.25, 0.3) is 0 Å². The summed E-state index contributed by atoms with van der Waals surface area (Å²) in [6.07, 6.45) is 16.9. The van der Waals surface area contributed by atoms with Gasteiger partial charge >= 0.3 is 0 Å². The van der Waals surface area contributed by atoms with E-state index in [0.29, 0.717) is 24.3 Å². The number of hydrazine groups is 2. The fraction of sp³-hybridized carbons (Fsp3) is 0.667. The van der Waals surface area contributed by atoms with E-state index in [2.05, 4.69) is 41.9 Å². The number of likely N-dealkylation sites (tertiary alicyclic amines) is 1. The van der Waals surface area contributed by atoms with Crippen molar-refractivity contribution in [2.24, 2.45) is 22.4 Å². The molecule has 10 nitrogen and oxygen atoms in total. The van der Waals surface area contributed by atoms with Gasteiger partial charge in [-0.05, 0) is 86.8 Å². The Labute approximate surface area is 260 Å². The first kappa shape index (κ1) is 31.0. The Morgan fingerprint density at radius 1 is 1.05 bits per heavy atom. The van der Waals surface area contributed by atoms with Crippen LogP contribution in [0.5, 0.6) is 0 Å². The van der Waals surface area contributed by atoms with Gasteiger partial charge in [0.2, 0.25) is 5.91 Å². The zero-order chi connectivity index (χ0) is 28.1. The molecule has 3 heterocycles. The van der Waals surface area contributed by atoms with E-state index in [4.69, 9.17) is 11.6 Å². The van der Waals surface area contributed by atoms with Gasteiger partial charge in [-0.1, -0.05) is 43.0 Å². The summed E-state index contributed by atoms with van der Waals surface area (Å²) < 4.78 is 2.02. The van der Waals surface area contributed by atoms with Crippen molar-refractivity contribution in [3.05, 3.63) is 47.5 Å². The minimum absolute atomic E-state index is 0. The molecule has 42 heavy (non-hydrogen) atoms. The topological polar surface area (TPSA) is 112 Å². The van der Waals surface area contributed by atoms with E-state index in [1.807, 2.05) is 35.3 Å². The molecule has 230 valence electrons. The standard InChI is InChI=1S/C30H44ClN9O.ClH/c31-25-10-6-22(7-11-25)18-27(34-26-12-8-23(9-13-26)28-35-37-38-36-28)29(41)39-16-14-30(15-17-39,19-40-21-32-20-33-40)24-4-2-1-3-5-24;/h6-7,10-11,20-21,23-24,26-27,34,37-38H,1-5,8-9,12-19H2,(H,35,36);1H/t23?,26?,27-;/m1./s1. The Bertz CT molecular complexity index is 1150. The van der Waals surface area contributed by atoms with Crippen LogP contribution in [0.3, 0.4) is 0 Å². The lowest BCUT2D eigenvalue weighted by molar-refractivity contribution is -0.137. The van der Waals surface area contributed by atoms with Crippen molar-refractivity contribution < 1.29 is 4.79 Å². The van der Waals surface area contributed by atoms with Crippen molar-refractivity contribution in [2.45, 2.75) is 95.7 Å².